The van der Waals surface area contributed by atoms with Crippen molar-refractivity contribution in [3.63, 3.8) is 0 Å². The van der Waals surface area contributed by atoms with Crippen LogP contribution in [0.1, 0.15) is 18.4 Å². The van der Waals surface area contributed by atoms with Gasteiger partial charge in [0, 0.05) is 38.0 Å². The smallest absolute Gasteiger partial charge is 0.126 e. The summed E-state index contributed by atoms with van der Waals surface area (Å²) in [6.45, 7) is 3.86. The number of nitrogens with zero attached hydrogens (tertiary/aromatic N) is 2. The van der Waals surface area contributed by atoms with Gasteiger partial charge in [0.25, 0.3) is 0 Å². The summed E-state index contributed by atoms with van der Waals surface area (Å²) >= 11 is 0. The maximum absolute atomic E-state index is 6.11. The minimum Gasteiger partial charge on any atom is -0.472 e. The molecule has 2 aromatic rings. The molecule has 2 aliphatic rings. The Bertz CT molecular complexity index is 602. The van der Waals surface area contributed by atoms with E-state index in [1.807, 2.05) is 36.7 Å². The lowest BCUT2D eigenvalue weighted by Gasteiger charge is -2.46. The molecular weight excluding hydrogens is 290 g/mol. The Morgan fingerprint density at radius 1 is 1.26 bits per heavy atom. The van der Waals surface area contributed by atoms with Crippen molar-refractivity contribution in [3.05, 3.63) is 48.6 Å². The first kappa shape index (κ1) is 14.7. The van der Waals surface area contributed by atoms with Gasteiger partial charge in [-0.2, -0.15) is 0 Å². The molecule has 2 saturated heterocycles. The van der Waals surface area contributed by atoms with E-state index < -0.39 is 0 Å². The van der Waals surface area contributed by atoms with Crippen LogP contribution in [-0.4, -0.2) is 41.7 Å². The predicted molar refractivity (Wildman–Crippen MR) is 88.1 cm³/mol. The molecule has 0 amide bonds. The van der Waals surface area contributed by atoms with Gasteiger partial charge in [0.2, 0.25) is 0 Å². The van der Waals surface area contributed by atoms with Crippen molar-refractivity contribution < 1.29 is 9.15 Å². The molecule has 0 radical (unpaired) electrons. The molecule has 1 N–H and O–H groups in total. The molecule has 4 heterocycles. The van der Waals surface area contributed by atoms with Crippen LogP contribution in [-0.2, 0) is 11.3 Å². The fraction of sp³-hybridized carbons (Fsp3) is 0.500. The summed E-state index contributed by atoms with van der Waals surface area (Å²) in [5.74, 6) is 1.51. The molecule has 5 heteroatoms. The van der Waals surface area contributed by atoms with Crippen molar-refractivity contribution in [3.8, 4) is 0 Å². The van der Waals surface area contributed by atoms with E-state index in [-0.39, 0.29) is 12.1 Å². The molecule has 4 rings (SSSR count). The van der Waals surface area contributed by atoms with E-state index in [4.69, 9.17) is 9.15 Å². The summed E-state index contributed by atoms with van der Waals surface area (Å²) in [4.78, 5) is 6.91. The molecule has 0 aromatic carbocycles. The van der Waals surface area contributed by atoms with Crippen LogP contribution >= 0.6 is 0 Å². The largest absolute Gasteiger partial charge is 0.472 e. The molecule has 2 aliphatic heterocycles. The summed E-state index contributed by atoms with van der Waals surface area (Å²) in [5, 5.41) is 3.59. The molecule has 2 aromatic heterocycles. The van der Waals surface area contributed by atoms with Crippen molar-refractivity contribution in [2.75, 3.05) is 25.0 Å². The monoisotopic (exact) mass is 313 g/mol. The van der Waals surface area contributed by atoms with Gasteiger partial charge in [0.05, 0.1) is 24.7 Å². The van der Waals surface area contributed by atoms with Gasteiger partial charge in [-0.1, -0.05) is 6.07 Å². The number of pyridine rings is 1. The fourth-order valence-corrected chi connectivity index (χ4v) is 3.83. The Kier molecular flexibility index (Phi) is 4.30. The molecule has 0 unspecified atom stereocenters. The van der Waals surface area contributed by atoms with Crippen LogP contribution in [0.25, 0.3) is 0 Å². The van der Waals surface area contributed by atoms with Crippen LogP contribution in [0, 0.1) is 5.92 Å². The lowest BCUT2D eigenvalue weighted by molar-refractivity contribution is -0.0747. The maximum atomic E-state index is 6.11. The van der Waals surface area contributed by atoms with E-state index in [9.17, 15) is 0 Å². The third kappa shape index (κ3) is 3.41. The SMILES string of the molecule is c1ccc(N[C@@H]2CN(Cc3ccoc3)C[C@@H]3CCCO[C@@H]32)nc1. The number of nitrogens with one attached hydrogen (secondary N) is 1. The topological polar surface area (TPSA) is 50.5 Å². The van der Waals surface area contributed by atoms with Crippen molar-refractivity contribution in [1.29, 1.82) is 0 Å². The first-order valence-corrected chi connectivity index (χ1v) is 8.41. The number of likely N-dealkylation sites (tertiary alicyclic amines) is 1. The number of rotatable bonds is 4. The normalized spacial score (nSPS) is 28.3. The molecule has 0 bridgehead atoms. The van der Waals surface area contributed by atoms with Gasteiger partial charge in [0.1, 0.15) is 5.82 Å². The standard InChI is InChI=1S/C18H23N3O2/c1-2-7-19-17(5-1)20-16-12-21(10-14-6-9-22-13-14)11-15-4-3-8-23-18(15)16/h1-2,5-7,9,13,15-16,18H,3-4,8,10-12H2,(H,19,20)/t15-,16+,18-/m0/s1. The van der Waals surface area contributed by atoms with Crippen molar-refractivity contribution >= 4 is 5.82 Å². The highest BCUT2D eigenvalue weighted by atomic mass is 16.5. The number of furan rings is 1. The zero-order chi connectivity index (χ0) is 15.5. The first-order valence-electron chi connectivity index (χ1n) is 8.41. The van der Waals surface area contributed by atoms with E-state index in [1.54, 1.807) is 6.26 Å². The minimum absolute atomic E-state index is 0.274. The molecule has 3 atom stereocenters. The average molecular weight is 313 g/mol. The molecule has 23 heavy (non-hydrogen) atoms. The third-order valence-corrected chi connectivity index (χ3v) is 4.82. The van der Waals surface area contributed by atoms with Gasteiger partial charge in [-0.05, 0) is 37.0 Å². The van der Waals surface area contributed by atoms with Crippen molar-refractivity contribution in [1.82, 2.24) is 9.88 Å². The van der Waals surface area contributed by atoms with Gasteiger partial charge in [0.15, 0.2) is 0 Å². The van der Waals surface area contributed by atoms with Crippen LogP contribution in [0.3, 0.4) is 0 Å². The van der Waals surface area contributed by atoms with Gasteiger partial charge in [-0.25, -0.2) is 4.98 Å². The highest BCUT2D eigenvalue weighted by Crippen LogP contribution is 2.30. The highest BCUT2D eigenvalue weighted by molar-refractivity contribution is 5.35. The maximum Gasteiger partial charge on any atom is 0.126 e. The van der Waals surface area contributed by atoms with Gasteiger partial charge in [-0.3, -0.25) is 4.90 Å². The molecule has 122 valence electrons. The number of aromatic nitrogens is 1. The lowest BCUT2D eigenvalue weighted by atomic mass is 9.85. The number of hydrogen-bond donors (Lipinski definition) is 1. The molecule has 0 saturated carbocycles. The Labute approximate surface area is 136 Å². The number of piperidine rings is 1. The van der Waals surface area contributed by atoms with E-state index in [1.165, 1.54) is 12.0 Å². The highest BCUT2D eigenvalue weighted by Gasteiger charge is 2.39. The van der Waals surface area contributed by atoms with E-state index >= 15 is 0 Å². The molecule has 5 nitrogen and oxygen atoms in total. The fourth-order valence-electron chi connectivity index (χ4n) is 3.83. The summed E-state index contributed by atoms with van der Waals surface area (Å²) in [5.41, 5.74) is 1.23. The number of hydrogen-bond acceptors (Lipinski definition) is 5. The Morgan fingerprint density at radius 3 is 3.09 bits per heavy atom. The van der Waals surface area contributed by atoms with Gasteiger partial charge < -0.3 is 14.5 Å². The number of fused-ring (bicyclic) bond motifs is 1. The Morgan fingerprint density at radius 2 is 2.26 bits per heavy atom. The van der Waals surface area contributed by atoms with Crippen LogP contribution in [0.15, 0.2) is 47.4 Å². The van der Waals surface area contributed by atoms with E-state index in [0.717, 1.165) is 38.5 Å². The van der Waals surface area contributed by atoms with Crippen molar-refractivity contribution in [2.45, 2.75) is 31.5 Å². The summed E-state index contributed by atoms with van der Waals surface area (Å²) in [7, 11) is 0. The first-order chi connectivity index (χ1) is 11.4. The van der Waals surface area contributed by atoms with Gasteiger partial charge >= 0.3 is 0 Å². The molecule has 0 aliphatic carbocycles. The third-order valence-electron chi connectivity index (χ3n) is 4.82. The number of ether oxygens (including phenoxy) is 1. The lowest BCUT2D eigenvalue weighted by Crippen LogP contribution is -2.57. The Hall–Kier alpha value is -1.85. The quantitative estimate of drug-likeness (QED) is 0.940. The average Bonchev–Trinajstić information content (AvgIpc) is 3.09. The molecule has 0 spiro atoms. The molecule has 2 fully saturated rings. The van der Waals surface area contributed by atoms with E-state index in [0.29, 0.717) is 5.92 Å². The minimum atomic E-state index is 0.274. The summed E-state index contributed by atoms with van der Waals surface area (Å²) < 4.78 is 11.3. The van der Waals surface area contributed by atoms with Crippen LogP contribution in [0.2, 0.25) is 0 Å². The second kappa shape index (κ2) is 6.72. The van der Waals surface area contributed by atoms with Crippen LogP contribution < -0.4 is 5.32 Å². The summed E-state index contributed by atoms with van der Waals surface area (Å²) in [6.07, 6.45) is 8.10. The predicted octanol–water partition coefficient (Wildman–Crippen LogP) is 2.77. The van der Waals surface area contributed by atoms with Crippen LogP contribution in [0.4, 0.5) is 5.82 Å². The Balaban J connectivity index is 1.49. The van der Waals surface area contributed by atoms with Crippen LogP contribution in [0.5, 0.6) is 0 Å². The molecular formula is C18H23N3O2. The van der Waals surface area contributed by atoms with E-state index in [2.05, 4.69) is 15.2 Å². The second-order valence-corrected chi connectivity index (χ2v) is 6.53. The van der Waals surface area contributed by atoms with Crippen molar-refractivity contribution in [2.24, 2.45) is 5.92 Å². The number of anilines is 1. The zero-order valence-corrected chi connectivity index (χ0v) is 13.2. The van der Waals surface area contributed by atoms with Gasteiger partial charge in [-0.15, -0.1) is 0 Å². The summed E-state index contributed by atoms with van der Waals surface area (Å²) in [6, 6.07) is 8.30. The second-order valence-electron chi connectivity index (χ2n) is 6.53. The zero-order valence-electron chi connectivity index (χ0n) is 13.2.